The van der Waals surface area contributed by atoms with Crippen LogP contribution in [0, 0.1) is 12.8 Å². The molecule has 2 atom stereocenters. The Balaban J connectivity index is 2.34. The molecule has 1 aromatic heterocycles. The average Bonchev–Trinajstić information content (AvgIpc) is 2.81. The van der Waals surface area contributed by atoms with Crippen molar-refractivity contribution >= 4 is 27.3 Å². The Bertz CT molecular complexity index is 635. The molecule has 2 rings (SSSR count). The van der Waals surface area contributed by atoms with E-state index in [0.29, 0.717) is 10.8 Å². The van der Waals surface area contributed by atoms with Crippen LogP contribution in [0.25, 0.3) is 0 Å². The molecule has 118 valence electrons. The van der Waals surface area contributed by atoms with Gasteiger partial charge in [-0.2, -0.15) is 4.31 Å². The SMILES string of the molecule is Cc1sc(C(=O)O)cc1S(=O)(=O)N(C)C1CCCCC1C. The summed E-state index contributed by atoms with van der Waals surface area (Å²) in [5, 5.41) is 9.02. The number of carbonyl (C=O) groups is 1. The Morgan fingerprint density at radius 1 is 1.38 bits per heavy atom. The summed E-state index contributed by atoms with van der Waals surface area (Å²) in [5.74, 6) is -0.755. The molecule has 5 nitrogen and oxygen atoms in total. The lowest BCUT2D eigenvalue weighted by Gasteiger charge is -2.35. The lowest BCUT2D eigenvalue weighted by atomic mass is 9.86. The Labute approximate surface area is 129 Å². The van der Waals surface area contributed by atoms with Crippen molar-refractivity contribution in [3.8, 4) is 0 Å². The second kappa shape index (κ2) is 6.06. The van der Waals surface area contributed by atoms with Crippen LogP contribution in [-0.2, 0) is 10.0 Å². The third kappa shape index (κ3) is 3.14. The molecule has 1 heterocycles. The Morgan fingerprint density at radius 2 is 2.00 bits per heavy atom. The normalized spacial score (nSPS) is 23.4. The van der Waals surface area contributed by atoms with Crippen LogP contribution in [0.1, 0.15) is 47.2 Å². The van der Waals surface area contributed by atoms with E-state index in [1.807, 2.05) is 0 Å². The highest BCUT2D eigenvalue weighted by Crippen LogP contribution is 2.33. The summed E-state index contributed by atoms with van der Waals surface area (Å²) in [7, 11) is -2.02. The topological polar surface area (TPSA) is 74.7 Å². The highest BCUT2D eigenvalue weighted by molar-refractivity contribution is 7.89. The summed E-state index contributed by atoms with van der Waals surface area (Å²) in [6, 6.07) is 1.28. The van der Waals surface area contributed by atoms with Gasteiger partial charge in [-0.05, 0) is 31.7 Å². The van der Waals surface area contributed by atoms with Crippen LogP contribution < -0.4 is 0 Å². The second-order valence-corrected chi connectivity index (χ2v) is 8.91. The summed E-state index contributed by atoms with van der Waals surface area (Å²) in [4.78, 5) is 11.7. The van der Waals surface area contributed by atoms with Gasteiger partial charge in [-0.15, -0.1) is 11.3 Å². The first-order valence-corrected chi connectivity index (χ1v) is 9.32. The van der Waals surface area contributed by atoms with Gasteiger partial charge in [0.2, 0.25) is 10.0 Å². The molecule has 0 spiro atoms. The van der Waals surface area contributed by atoms with Gasteiger partial charge in [-0.1, -0.05) is 19.8 Å². The second-order valence-electron chi connectivity index (χ2n) is 5.69. The van der Waals surface area contributed by atoms with Crippen LogP contribution in [0.5, 0.6) is 0 Å². The lowest BCUT2D eigenvalue weighted by Crippen LogP contribution is -2.42. The molecule has 0 radical (unpaired) electrons. The monoisotopic (exact) mass is 331 g/mol. The number of carboxylic acid groups (broad SMARTS) is 1. The molecular formula is C14H21NO4S2. The third-order valence-electron chi connectivity index (χ3n) is 4.27. The summed E-state index contributed by atoms with van der Waals surface area (Å²) >= 11 is 1.01. The van der Waals surface area contributed by atoms with Gasteiger partial charge >= 0.3 is 5.97 Å². The van der Waals surface area contributed by atoms with Crippen LogP contribution >= 0.6 is 11.3 Å². The minimum atomic E-state index is -3.63. The number of aromatic carboxylic acids is 1. The Morgan fingerprint density at radius 3 is 2.52 bits per heavy atom. The van der Waals surface area contributed by atoms with E-state index in [2.05, 4.69) is 6.92 Å². The van der Waals surface area contributed by atoms with E-state index < -0.39 is 16.0 Å². The quantitative estimate of drug-likeness (QED) is 0.920. The zero-order chi connectivity index (χ0) is 15.8. The van der Waals surface area contributed by atoms with Gasteiger partial charge in [-0.25, -0.2) is 13.2 Å². The Kier molecular flexibility index (Phi) is 4.75. The number of thiophene rings is 1. The van der Waals surface area contributed by atoms with Gasteiger partial charge in [0.1, 0.15) is 4.88 Å². The molecule has 1 N–H and O–H groups in total. The lowest BCUT2D eigenvalue weighted by molar-refractivity contribution is 0.0702. The van der Waals surface area contributed by atoms with Crippen molar-refractivity contribution in [3.63, 3.8) is 0 Å². The standard InChI is InChI=1S/C14H21NO4S2/c1-9-6-4-5-7-11(9)15(3)21(18,19)13-8-12(14(16)17)20-10(13)2/h8-9,11H,4-7H2,1-3H3,(H,16,17). The average molecular weight is 331 g/mol. The molecule has 2 unspecified atom stereocenters. The van der Waals surface area contributed by atoms with Crippen LogP contribution in [0.15, 0.2) is 11.0 Å². The zero-order valence-electron chi connectivity index (χ0n) is 12.5. The van der Waals surface area contributed by atoms with Crippen molar-refractivity contribution in [2.75, 3.05) is 7.05 Å². The van der Waals surface area contributed by atoms with E-state index in [0.717, 1.165) is 37.0 Å². The van der Waals surface area contributed by atoms with E-state index in [9.17, 15) is 13.2 Å². The predicted molar refractivity (Wildman–Crippen MR) is 82.4 cm³/mol. The molecule has 0 aromatic carbocycles. The first-order chi connectivity index (χ1) is 9.75. The zero-order valence-corrected chi connectivity index (χ0v) is 14.1. The third-order valence-corrected chi connectivity index (χ3v) is 7.45. The smallest absolute Gasteiger partial charge is 0.345 e. The first kappa shape index (κ1) is 16.5. The maximum Gasteiger partial charge on any atom is 0.345 e. The first-order valence-electron chi connectivity index (χ1n) is 7.07. The van der Waals surface area contributed by atoms with Crippen molar-refractivity contribution in [3.05, 3.63) is 15.8 Å². The fourth-order valence-electron chi connectivity index (χ4n) is 3.00. The highest BCUT2D eigenvalue weighted by atomic mass is 32.2. The maximum absolute atomic E-state index is 12.8. The molecule has 0 amide bonds. The molecule has 7 heteroatoms. The van der Waals surface area contributed by atoms with E-state index in [1.54, 1.807) is 14.0 Å². The summed E-state index contributed by atoms with van der Waals surface area (Å²) in [5.41, 5.74) is 0. The largest absolute Gasteiger partial charge is 0.477 e. The van der Waals surface area contributed by atoms with Crippen molar-refractivity contribution in [2.24, 2.45) is 5.92 Å². The molecular weight excluding hydrogens is 310 g/mol. The number of hydrogen-bond donors (Lipinski definition) is 1. The molecule has 0 saturated heterocycles. The molecule has 1 saturated carbocycles. The Hall–Kier alpha value is -0.920. The number of nitrogens with zero attached hydrogens (tertiary/aromatic N) is 1. The molecule has 1 aliphatic rings. The van der Waals surface area contributed by atoms with Gasteiger partial charge in [0.15, 0.2) is 0 Å². The minimum Gasteiger partial charge on any atom is -0.477 e. The maximum atomic E-state index is 12.8. The summed E-state index contributed by atoms with van der Waals surface area (Å²) in [6.07, 6.45) is 4.09. The number of carboxylic acids is 1. The predicted octanol–water partition coefficient (Wildman–Crippen LogP) is 2.95. The number of hydrogen-bond acceptors (Lipinski definition) is 4. The fourth-order valence-corrected chi connectivity index (χ4v) is 5.88. The fraction of sp³-hybridized carbons (Fsp3) is 0.643. The van der Waals surface area contributed by atoms with Gasteiger partial charge in [0.25, 0.3) is 0 Å². The minimum absolute atomic E-state index is 0.00340. The van der Waals surface area contributed by atoms with Gasteiger partial charge in [0, 0.05) is 18.0 Å². The molecule has 1 aliphatic carbocycles. The van der Waals surface area contributed by atoms with E-state index in [1.165, 1.54) is 10.4 Å². The van der Waals surface area contributed by atoms with Crippen LogP contribution in [-0.4, -0.2) is 36.9 Å². The van der Waals surface area contributed by atoms with Crippen molar-refractivity contribution in [1.82, 2.24) is 4.31 Å². The number of aryl methyl sites for hydroxylation is 1. The van der Waals surface area contributed by atoms with Gasteiger partial charge < -0.3 is 5.11 Å². The number of rotatable bonds is 4. The molecule has 0 bridgehead atoms. The van der Waals surface area contributed by atoms with Gasteiger partial charge in [-0.3, -0.25) is 0 Å². The van der Waals surface area contributed by atoms with Crippen LogP contribution in [0.4, 0.5) is 0 Å². The molecule has 21 heavy (non-hydrogen) atoms. The van der Waals surface area contributed by atoms with Crippen LogP contribution in [0.3, 0.4) is 0 Å². The van der Waals surface area contributed by atoms with Gasteiger partial charge in [0.05, 0.1) is 4.90 Å². The van der Waals surface area contributed by atoms with E-state index in [4.69, 9.17) is 5.11 Å². The van der Waals surface area contributed by atoms with E-state index >= 15 is 0 Å². The van der Waals surface area contributed by atoms with Crippen molar-refractivity contribution in [2.45, 2.75) is 50.5 Å². The molecule has 0 aliphatic heterocycles. The molecule has 1 aromatic rings. The number of sulfonamides is 1. The van der Waals surface area contributed by atoms with Crippen LogP contribution in [0.2, 0.25) is 0 Å². The van der Waals surface area contributed by atoms with Crippen molar-refractivity contribution in [1.29, 1.82) is 0 Å². The van der Waals surface area contributed by atoms with E-state index in [-0.39, 0.29) is 15.8 Å². The van der Waals surface area contributed by atoms with Crippen molar-refractivity contribution < 1.29 is 18.3 Å². The summed E-state index contributed by atoms with van der Waals surface area (Å²) in [6.45, 7) is 3.74. The molecule has 1 fully saturated rings. The highest BCUT2D eigenvalue weighted by Gasteiger charge is 2.34. The summed E-state index contributed by atoms with van der Waals surface area (Å²) < 4.78 is 27.0.